The molecule has 5 aromatic rings. The van der Waals surface area contributed by atoms with Gasteiger partial charge in [-0.15, -0.1) is 0 Å². The number of hydrogen-bond acceptors (Lipinski definition) is 7. The van der Waals surface area contributed by atoms with Crippen molar-refractivity contribution in [2.45, 2.75) is 12.7 Å². The van der Waals surface area contributed by atoms with E-state index < -0.39 is 29.3 Å². The van der Waals surface area contributed by atoms with E-state index in [0.717, 1.165) is 30.3 Å². The van der Waals surface area contributed by atoms with E-state index in [9.17, 15) is 26.7 Å². The average Bonchev–Trinajstić information content (AvgIpc) is 3.58. The quantitative estimate of drug-likeness (QED) is 0.284. The summed E-state index contributed by atoms with van der Waals surface area (Å²) in [6, 6.07) is 10.5. The van der Waals surface area contributed by atoms with Crippen molar-refractivity contribution in [1.82, 2.24) is 24.9 Å². The zero-order valence-electron chi connectivity index (χ0n) is 19.6. The monoisotopic (exact) mass is 541 g/mol. The Hall–Kier alpha value is -5.14. The molecule has 39 heavy (non-hydrogen) atoms. The normalized spacial score (nSPS) is 11.5. The molecule has 0 aliphatic carbocycles. The lowest BCUT2D eigenvalue weighted by atomic mass is 10.1. The Labute approximate surface area is 216 Å². The maximum atomic E-state index is 14.3. The fourth-order valence-electron chi connectivity index (χ4n) is 3.65. The molecule has 0 aliphatic heterocycles. The molecule has 0 radical (unpaired) electrons. The largest absolute Gasteiger partial charge is 0.416 e. The van der Waals surface area contributed by atoms with E-state index in [1.54, 1.807) is 12.1 Å². The standard InChI is InChI=1S/C25H16F5N7O2/c26-16-3-1-2-14(21(16)27)12-37-20(17-8-9-39-36-17)10-18(35-37)23-32-11-19(22(31)34-23)33-24(38)13-4-6-15(7-5-13)25(28,29)30/h1-11H,12H2,(H,33,38)(H2,31,32,34). The fraction of sp³-hybridized carbons (Fsp3) is 0.0800. The second-order valence-electron chi connectivity index (χ2n) is 8.19. The highest BCUT2D eigenvalue weighted by molar-refractivity contribution is 6.05. The first kappa shape index (κ1) is 25.5. The van der Waals surface area contributed by atoms with Crippen molar-refractivity contribution in [2.24, 2.45) is 0 Å². The van der Waals surface area contributed by atoms with Crippen molar-refractivity contribution >= 4 is 17.4 Å². The minimum absolute atomic E-state index is 0.0154. The minimum Gasteiger partial charge on any atom is -0.382 e. The first-order valence-corrected chi connectivity index (χ1v) is 11.1. The van der Waals surface area contributed by atoms with Gasteiger partial charge < -0.3 is 15.6 Å². The van der Waals surface area contributed by atoms with Gasteiger partial charge in [-0.3, -0.25) is 9.48 Å². The number of carbonyl (C=O) groups is 1. The summed E-state index contributed by atoms with van der Waals surface area (Å²) < 4.78 is 72.6. The van der Waals surface area contributed by atoms with Crippen molar-refractivity contribution in [3.8, 4) is 22.9 Å². The van der Waals surface area contributed by atoms with Crippen LogP contribution in [0.2, 0.25) is 0 Å². The number of alkyl halides is 3. The van der Waals surface area contributed by atoms with Crippen LogP contribution in [0.5, 0.6) is 0 Å². The summed E-state index contributed by atoms with van der Waals surface area (Å²) in [6.07, 6.45) is -1.99. The van der Waals surface area contributed by atoms with Gasteiger partial charge in [-0.1, -0.05) is 17.3 Å². The maximum Gasteiger partial charge on any atom is 0.416 e. The average molecular weight is 541 g/mol. The molecule has 3 aromatic heterocycles. The number of nitrogens with zero attached hydrogens (tertiary/aromatic N) is 5. The fourth-order valence-corrected chi connectivity index (χ4v) is 3.65. The second-order valence-corrected chi connectivity index (χ2v) is 8.19. The van der Waals surface area contributed by atoms with E-state index in [-0.39, 0.29) is 40.7 Å². The van der Waals surface area contributed by atoms with Gasteiger partial charge in [-0.05, 0) is 36.4 Å². The molecule has 3 heterocycles. The lowest BCUT2D eigenvalue weighted by Crippen LogP contribution is -2.15. The lowest BCUT2D eigenvalue weighted by molar-refractivity contribution is -0.137. The summed E-state index contributed by atoms with van der Waals surface area (Å²) in [6.45, 7) is -0.150. The molecule has 198 valence electrons. The van der Waals surface area contributed by atoms with Gasteiger partial charge in [0.05, 0.1) is 24.0 Å². The molecule has 0 aliphatic rings. The third-order valence-corrected chi connectivity index (χ3v) is 5.60. The number of nitrogens with one attached hydrogen (secondary N) is 1. The van der Waals surface area contributed by atoms with E-state index in [2.05, 4.69) is 25.5 Å². The van der Waals surface area contributed by atoms with Gasteiger partial charge in [0.15, 0.2) is 23.3 Å². The molecule has 0 spiro atoms. The highest BCUT2D eigenvalue weighted by atomic mass is 19.4. The van der Waals surface area contributed by atoms with Gasteiger partial charge in [0, 0.05) is 17.2 Å². The van der Waals surface area contributed by atoms with E-state index in [0.29, 0.717) is 11.4 Å². The summed E-state index contributed by atoms with van der Waals surface area (Å²) in [4.78, 5) is 20.8. The molecule has 0 atom stereocenters. The van der Waals surface area contributed by atoms with Gasteiger partial charge in [0.1, 0.15) is 23.3 Å². The Bertz CT molecular complexity index is 1650. The number of benzene rings is 2. The number of hydrogen-bond donors (Lipinski definition) is 2. The Morgan fingerprint density at radius 3 is 2.49 bits per heavy atom. The smallest absolute Gasteiger partial charge is 0.382 e. The van der Waals surface area contributed by atoms with Crippen molar-refractivity contribution in [3.05, 3.63) is 95.4 Å². The topological polar surface area (TPSA) is 125 Å². The lowest BCUT2D eigenvalue weighted by Gasteiger charge is -2.10. The zero-order chi connectivity index (χ0) is 27.7. The molecule has 14 heteroatoms. The summed E-state index contributed by atoms with van der Waals surface area (Å²) in [5, 5.41) is 10.7. The Balaban J connectivity index is 1.41. The summed E-state index contributed by atoms with van der Waals surface area (Å²) in [5.41, 5.74) is 6.08. The van der Waals surface area contributed by atoms with Gasteiger partial charge in [-0.2, -0.15) is 18.3 Å². The summed E-state index contributed by atoms with van der Waals surface area (Å²) in [5.74, 6) is -2.85. The van der Waals surface area contributed by atoms with Crippen molar-refractivity contribution in [3.63, 3.8) is 0 Å². The number of carbonyl (C=O) groups excluding carboxylic acids is 1. The molecule has 5 rings (SSSR count). The van der Waals surface area contributed by atoms with Crippen LogP contribution in [0.4, 0.5) is 33.5 Å². The third kappa shape index (κ3) is 5.30. The molecule has 0 fully saturated rings. The van der Waals surface area contributed by atoms with E-state index >= 15 is 0 Å². The summed E-state index contributed by atoms with van der Waals surface area (Å²) in [7, 11) is 0. The van der Waals surface area contributed by atoms with Crippen LogP contribution in [0.1, 0.15) is 21.5 Å². The van der Waals surface area contributed by atoms with E-state index in [1.165, 1.54) is 29.3 Å². The van der Waals surface area contributed by atoms with Gasteiger partial charge in [-0.25, -0.2) is 18.7 Å². The third-order valence-electron chi connectivity index (χ3n) is 5.60. The molecule has 1 amide bonds. The number of amides is 1. The second kappa shape index (κ2) is 9.96. The molecule has 3 N–H and O–H groups in total. The van der Waals surface area contributed by atoms with Crippen molar-refractivity contribution < 1.29 is 31.3 Å². The van der Waals surface area contributed by atoms with Gasteiger partial charge in [0.25, 0.3) is 5.91 Å². The zero-order valence-corrected chi connectivity index (χ0v) is 19.6. The van der Waals surface area contributed by atoms with Crippen molar-refractivity contribution in [2.75, 3.05) is 11.1 Å². The number of aromatic nitrogens is 5. The molecular weight excluding hydrogens is 525 g/mol. The van der Waals surface area contributed by atoms with Crippen LogP contribution in [-0.4, -0.2) is 30.8 Å². The number of anilines is 2. The Morgan fingerprint density at radius 2 is 1.82 bits per heavy atom. The Kier molecular flexibility index (Phi) is 6.52. The number of rotatable bonds is 6. The molecule has 0 bridgehead atoms. The molecule has 0 saturated carbocycles. The molecule has 2 aromatic carbocycles. The maximum absolute atomic E-state index is 14.3. The number of nitrogens with two attached hydrogens (primary N) is 1. The predicted octanol–water partition coefficient (Wildman–Crippen LogP) is 5.17. The molecule has 0 unspecified atom stereocenters. The van der Waals surface area contributed by atoms with E-state index in [1.807, 2.05) is 0 Å². The molecule has 0 saturated heterocycles. The highest BCUT2D eigenvalue weighted by Crippen LogP contribution is 2.30. The van der Waals surface area contributed by atoms with Crippen LogP contribution in [0.15, 0.2) is 71.6 Å². The van der Waals surface area contributed by atoms with Crippen LogP contribution in [0, 0.1) is 11.6 Å². The van der Waals surface area contributed by atoms with Crippen LogP contribution in [-0.2, 0) is 12.7 Å². The SMILES string of the molecule is Nc1nc(-c2cc(-c3ccon3)n(Cc3cccc(F)c3F)n2)ncc1NC(=O)c1ccc(C(F)(F)F)cc1. The summed E-state index contributed by atoms with van der Waals surface area (Å²) >= 11 is 0. The Morgan fingerprint density at radius 1 is 1.05 bits per heavy atom. The van der Waals surface area contributed by atoms with Crippen LogP contribution in [0.3, 0.4) is 0 Å². The van der Waals surface area contributed by atoms with Gasteiger partial charge >= 0.3 is 6.18 Å². The predicted molar refractivity (Wildman–Crippen MR) is 128 cm³/mol. The van der Waals surface area contributed by atoms with Crippen molar-refractivity contribution in [1.29, 1.82) is 0 Å². The number of halogens is 5. The minimum atomic E-state index is -4.53. The first-order chi connectivity index (χ1) is 18.6. The van der Waals surface area contributed by atoms with Crippen LogP contribution < -0.4 is 11.1 Å². The van der Waals surface area contributed by atoms with Crippen LogP contribution in [0.25, 0.3) is 22.9 Å². The van der Waals surface area contributed by atoms with Gasteiger partial charge in [0.2, 0.25) is 0 Å². The number of nitrogen functional groups attached to an aromatic ring is 1. The first-order valence-electron chi connectivity index (χ1n) is 11.1. The van der Waals surface area contributed by atoms with Crippen LogP contribution >= 0.6 is 0 Å². The van der Waals surface area contributed by atoms with E-state index in [4.69, 9.17) is 10.3 Å². The highest BCUT2D eigenvalue weighted by Gasteiger charge is 2.30. The molecular formula is C25H16F5N7O2. The molecule has 9 nitrogen and oxygen atoms in total.